The van der Waals surface area contributed by atoms with Gasteiger partial charge in [-0.15, -0.1) is 5.06 Å². The van der Waals surface area contributed by atoms with Crippen LogP contribution < -0.4 is 9.47 Å². The zero-order valence-corrected chi connectivity index (χ0v) is 16.4. The maximum atomic E-state index is 13.1. The Hall–Kier alpha value is -3.84. The summed E-state index contributed by atoms with van der Waals surface area (Å²) in [4.78, 5) is 31.4. The maximum Gasteiger partial charge on any atom is 0.286 e. The van der Waals surface area contributed by atoms with Crippen LogP contribution in [0.25, 0.3) is 11.1 Å². The Morgan fingerprint density at radius 3 is 2.27 bits per heavy atom. The molecule has 0 atom stereocenters. The molecule has 7 nitrogen and oxygen atoms in total. The second-order valence-electron chi connectivity index (χ2n) is 6.64. The van der Waals surface area contributed by atoms with Gasteiger partial charge in [-0.2, -0.15) is 0 Å². The molecule has 2 amide bonds. The first-order chi connectivity index (χ1) is 14.5. The van der Waals surface area contributed by atoms with Crippen molar-refractivity contribution in [1.29, 1.82) is 0 Å². The molecule has 0 radical (unpaired) electrons. The minimum absolute atomic E-state index is 0.00688. The van der Waals surface area contributed by atoms with E-state index in [1.54, 1.807) is 55.6 Å². The summed E-state index contributed by atoms with van der Waals surface area (Å²) < 4.78 is 10.7. The van der Waals surface area contributed by atoms with Gasteiger partial charge in [0, 0.05) is 11.6 Å². The Morgan fingerprint density at radius 2 is 1.57 bits per heavy atom. The van der Waals surface area contributed by atoms with Gasteiger partial charge in [0.1, 0.15) is 23.9 Å². The highest BCUT2D eigenvalue weighted by Gasteiger charge is 2.39. The minimum atomic E-state index is -0.540. The first-order valence-electron chi connectivity index (χ1n) is 9.18. The van der Waals surface area contributed by atoms with Crippen molar-refractivity contribution in [3.63, 3.8) is 0 Å². The number of fused-ring (bicyclic) bond motifs is 1. The lowest BCUT2D eigenvalue weighted by Crippen LogP contribution is -2.29. The molecule has 0 aromatic heterocycles. The number of methoxy groups -OCH3 is 2. The summed E-state index contributed by atoms with van der Waals surface area (Å²) in [6.07, 6.45) is 0. The topological polar surface area (TPSA) is 85.3 Å². The summed E-state index contributed by atoms with van der Waals surface area (Å²) in [7, 11) is 3.08. The first kappa shape index (κ1) is 19.5. The molecule has 1 aliphatic rings. The van der Waals surface area contributed by atoms with E-state index in [2.05, 4.69) is 0 Å². The second kappa shape index (κ2) is 7.88. The van der Waals surface area contributed by atoms with Gasteiger partial charge < -0.3 is 14.6 Å². The number of hydrogen-bond donors (Lipinski definition) is 1. The highest BCUT2D eigenvalue weighted by molar-refractivity contribution is 6.23. The molecule has 4 rings (SSSR count). The minimum Gasteiger partial charge on any atom is -0.508 e. The van der Waals surface area contributed by atoms with Crippen molar-refractivity contribution < 1.29 is 29.0 Å². The van der Waals surface area contributed by atoms with E-state index >= 15 is 0 Å². The molecule has 0 bridgehead atoms. The van der Waals surface area contributed by atoms with Crippen LogP contribution in [0.3, 0.4) is 0 Å². The summed E-state index contributed by atoms with van der Waals surface area (Å²) in [6.45, 7) is 0.00688. The predicted molar refractivity (Wildman–Crippen MR) is 108 cm³/mol. The van der Waals surface area contributed by atoms with Crippen molar-refractivity contribution in [2.24, 2.45) is 0 Å². The Balaban J connectivity index is 1.67. The van der Waals surface area contributed by atoms with Crippen molar-refractivity contribution in [1.82, 2.24) is 5.06 Å². The van der Waals surface area contributed by atoms with Crippen LogP contribution >= 0.6 is 0 Å². The third-order valence-corrected chi connectivity index (χ3v) is 4.87. The number of aromatic hydroxyl groups is 1. The molecular weight excluding hydrogens is 386 g/mol. The van der Waals surface area contributed by atoms with Crippen molar-refractivity contribution in [2.75, 3.05) is 14.2 Å². The number of imide groups is 1. The third-order valence-electron chi connectivity index (χ3n) is 4.87. The van der Waals surface area contributed by atoms with Crippen LogP contribution in [0.5, 0.6) is 17.2 Å². The molecule has 0 aliphatic carbocycles. The number of carbonyl (C=O) groups is 2. The van der Waals surface area contributed by atoms with Gasteiger partial charge in [0.2, 0.25) is 0 Å². The Morgan fingerprint density at radius 1 is 0.833 bits per heavy atom. The Bertz CT molecular complexity index is 1120. The number of benzene rings is 3. The van der Waals surface area contributed by atoms with Gasteiger partial charge in [-0.05, 0) is 41.5 Å². The normalized spacial score (nSPS) is 12.8. The zero-order chi connectivity index (χ0) is 21.3. The van der Waals surface area contributed by atoms with Crippen LogP contribution in [0.1, 0.15) is 26.3 Å². The average molecular weight is 405 g/mol. The van der Waals surface area contributed by atoms with E-state index in [0.717, 1.165) is 5.06 Å². The molecule has 0 saturated heterocycles. The van der Waals surface area contributed by atoms with E-state index in [9.17, 15) is 14.7 Å². The Labute approximate surface area is 173 Å². The molecule has 0 unspecified atom stereocenters. The van der Waals surface area contributed by atoms with E-state index in [4.69, 9.17) is 14.3 Å². The quantitative estimate of drug-likeness (QED) is 0.628. The van der Waals surface area contributed by atoms with Crippen LogP contribution in [-0.2, 0) is 11.4 Å². The van der Waals surface area contributed by atoms with E-state index in [-0.39, 0.29) is 23.5 Å². The Kier molecular flexibility index (Phi) is 5.12. The summed E-state index contributed by atoms with van der Waals surface area (Å²) in [5.74, 6) is 0.193. The van der Waals surface area contributed by atoms with Crippen molar-refractivity contribution in [3.8, 4) is 28.4 Å². The number of phenols is 1. The standard InChI is InChI=1S/C23H19NO6/c1-28-16-10-11-17(20(12-16)29-2)18-4-3-5-19-21(18)23(27)24(22(19)26)30-13-14-6-8-15(25)9-7-14/h3-12,25H,13H2,1-2H3. The third kappa shape index (κ3) is 3.35. The number of rotatable bonds is 6. The number of hydrogen-bond acceptors (Lipinski definition) is 6. The largest absolute Gasteiger partial charge is 0.508 e. The van der Waals surface area contributed by atoms with Crippen molar-refractivity contribution >= 4 is 11.8 Å². The number of hydroxylamine groups is 2. The van der Waals surface area contributed by atoms with E-state index in [0.29, 0.717) is 28.2 Å². The average Bonchev–Trinajstić information content (AvgIpc) is 3.03. The van der Waals surface area contributed by atoms with Crippen molar-refractivity contribution in [3.05, 3.63) is 77.4 Å². The van der Waals surface area contributed by atoms with Gasteiger partial charge in [-0.3, -0.25) is 14.4 Å². The molecule has 0 spiro atoms. The van der Waals surface area contributed by atoms with Gasteiger partial charge in [0.15, 0.2) is 0 Å². The summed E-state index contributed by atoms with van der Waals surface area (Å²) in [5.41, 5.74) is 2.47. The zero-order valence-electron chi connectivity index (χ0n) is 16.4. The highest BCUT2D eigenvalue weighted by Crippen LogP contribution is 2.39. The molecule has 30 heavy (non-hydrogen) atoms. The molecule has 7 heteroatoms. The summed E-state index contributed by atoms with van der Waals surface area (Å²) >= 11 is 0. The lowest BCUT2D eigenvalue weighted by atomic mass is 9.96. The molecule has 152 valence electrons. The molecule has 1 N–H and O–H groups in total. The van der Waals surface area contributed by atoms with Gasteiger partial charge >= 0.3 is 0 Å². The fraction of sp³-hybridized carbons (Fsp3) is 0.130. The van der Waals surface area contributed by atoms with Gasteiger partial charge in [0.25, 0.3) is 11.8 Å². The lowest BCUT2D eigenvalue weighted by Gasteiger charge is -2.14. The van der Waals surface area contributed by atoms with Crippen LogP contribution in [0.4, 0.5) is 0 Å². The molecule has 3 aromatic carbocycles. The maximum absolute atomic E-state index is 13.1. The molecule has 0 fully saturated rings. The van der Waals surface area contributed by atoms with Crippen LogP contribution in [0.15, 0.2) is 60.7 Å². The monoisotopic (exact) mass is 405 g/mol. The smallest absolute Gasteiger partial charge is 0.286 e. The molecule has 1 aliphatic heterocycles. The first-order valence-corrected chi connectivity index (χ1v) is 9.18. The number of amides is 2. The molecule has 1 heterocycles. The van der Waals surface area contributed by atoms with Gasteiger partial charge in [-0.1, -0.05) is 24.3 Å². The lowest BCUT2D eigenvalue weighted by molar-refractivity contribution is -0.101. The van der Waals surface area contributed by atoms with Gasteiger partial charge in [-0.25, -0.2) is 0 Å². The fourth-order valence-electron chi connectivity index (χ4n) is 3.36. The van der Waals surface area contributed by atoms with E-state index in [1.807, 2.05) is 0 Å². The molecule has 3 aromatic rings. The van der Waals surface area contributed by atoms with Crippen LogP contribution in [0.2, 0.25) is 0 Å². The fourth-order valence-corrected chi connectivity index (χ4v) is 3.36. The van der Waals surface area contributed by atoms with E-state index < -0.39 is 11.8 Å². The number of carbonyl (C=O) groups excluding carboxylic acids is 2. The molecular formula is C23H19NO6. The highest BCUT2D eigenvalue weighted by atomic mass is 16.7. The summed E-state index contributed by atoms with van der Waals surface area (Å²) in [5, 5.41) is 10.2. The number of ether oxygens (including phenoxy) is 2. The number of phenolic OH excluding ortho intramolecular Hbond substituents is 1. The van der Waals surface area contributed by atoms with E-state index in [1.165, 1.54) is 19.2 Å². The number of nitrogens with zero attached hydrogens (tertiary/aromatic N) is 1. The van der Waals surface area contributed by atoms with Crippen LogP contribution in [-0.4, -0.2) is 36.2 Å². The molecule has 0 saturated carbocycles. The van der Waals surface area contributed by atoms with Crippen molar-refractivity contribution in [2.45, 2.75) is 6.61 Å². The SMILES string of the molecule is COc1ccc(-c2cccc3c2C(=O)N(OCc2ccc(O)cc2)C3=O)c(OC)c1. The second-order valence-corrected chi connectivity index (χ2v) is 6.64. The summed E-state index contributed by atoms with van der Waals surface area (Å²) in [6, 6.07) is 16.7. The predicted octanol–water partition coefficient (Wildman–Crippen LogP) is 3.80. The van der Waals surface area contributed by atoms with Gasteiger partial charge in [0.05, 0.1) is 25.3 Å². The van der Waals surface area contributed by atoms with Crippen LogP contribution in [0, 0.1) is 0 Å².